The van der Waals surface area contributed by atoms with Gasteiger partial charge in [-0.3, -0.25) is 0 Å². The zero-order valence-corrected chi connectivity index (χ0v) is 37.3. The first-order valence-electron chi connectivity index (χ1n) is 18.5. The van der Waals surface area contributed by atoms with Crippen molar-refractivity contribution >= 4 is 49.1 Å². The van der Waals surface area contributed by atoms with Crippen LogP contribution < -0.4 is 39.8 Å². The second-order valence-electron chi connectivity index (χ2n) is 13.7. The number of nitrogens with one attached hydrogen (secondary N) is 1. The van der Waals surface area contributed by atoms with Gasteiger partial charge in [0.05, 0.1) is 4.90 Å². The number of benzene rings is 5. The van der Waals surface area contributed by atoms with Crippen LogP contribution in [0.4, 0.5) is 17.1 Å². The third-order valence-corrected chi connectivity index (χ3v) is 10.5. The summed E-state index contributed by atoms with van der Waals surface area (Å²) in [6, 6.07) is 41.5. The molecule has 58 heavy (non-hydrogen) atoms. The van der Waals surface area contributed by atoms with Crippen molar-refractivity contribution in [3.05, 3.63) is 184 Å². The van der Waals surface area contributed by atoms with Gasteiger partial charge >= 0.3 is 40.2 Å². The van der Waals surface area contributed by atoms with E-state index in [0.717, 1.165) is 63.6 Å². The van der Waals surface area contributed by atoms with Crippen molar-refractivity contribution in [1.29, 1.82) is 0 Å². The molecule has 1 aliphatic carbocycles. The Morgan fingerprint density at radius 2 is 1.48 bits per heavy atom. The van der Waals surface area contributed by atoms with Crippen molar-refractivity contribution in [2.24, 2.45) is 0 Å². The minimum Gasteiger partial charge on any atom is -0.744 e. The van der Waals surface area contributed by atoms with E-state index >= 15 is 0 Å². The molecule has 12 heteroatoms. The van der Waals surface area contributed by atoms with Gasteiger partial charge in [-0.05, 0) is 129 Å². The van der Waals surface area contributed by atoms with Gasteiger partial charge in [0.15, 0.2) is 12.3 Å². The molecule has 0 aliphatic heterocycles. The molecule has 0 bridgehead atoms. The standard InChI is InChI=1S/C46H46N3O3S.Na.O3S/c1-6-48(31-36-12-9-8-10-13-36)41-24-26-44(34(4)28-41)46(38-18-22-40(23-19-38)47-39-20-16-33(3)17-21-39)45-27-25-42(29-35(45)5)49(7-2)32-37-14-11-15-43(30-37)53(50,51)52;;1-4(2)3/h8-9,11-30H,6-7,31-32H2,1-5H3,(H,50,51,52);;/q-1;+1;. The van der Waals surface area contributed by atoms with Crippen molar-refractivity contribution in [2.75, 3.05) is 23.3 Å². The van der Waals surface area contributed by atoms with Crippen molar-refractivity contribution < 1.29 is 59.7 Å². The summed E-state index contributed by atoms with van der Waals surface area (Å²) in [7, 11) is -7.64. The minimum atomic E-state index is -4.53. The number of hydrogen-bond donors (Lipinski definition) is 1. The molecule has 0 radical (unpaired) electrons. The molecular formula is C46H46N3NaO6S2. The number of allylic oxidation sites excluding steroid dienone is 5. The molecule has 0 atom stereocenters. The fraction of sp³-hybridized carbons (Fsp3) is 0.196. The Balaban J connectivity index is 0.00000142. The first-order valence-corrected chi connectivity index (χ1v) is 21.0. The zero-order chi connectivity index (χ0) is 41.1. The van der Waals surface area contributed by atoms with Gasteiger partial charge in [0.25, 0.3) is 0 Å². The van der Waals surface area contributed by atoms with Crippen LogP contribution in [0, 0.1) is 19.9 Å². The third kappa shape index (κ3) is 12.6. The molecule has 5 aromatic rings. The largest absolute Gasteiger partial charge is 1.00 e. The maximum absolute atomic E-state index is 11.7. The van der Waals surface area contributed by atoms with Gasteiger partial charge in [-0.15, -0.1) is 18.2 Å². The van der Waals surface area contributed by atoms with Crippen molar-refractivity contribution in [3.8, 4) is 0 Å². The van der Waals surface area contributed by atoms with E-state index in [9.17, 15) is 13.0 Å². The Hall–Kier alpha value is -4.88. The summed E-state index contributed by atoms with van der Waals surface area (Å²) in [5.74, 6) is 0. The van der Waals surface area contributed by atoms with Crippen LogP contribution in [0.1, 0.15) is 54.2 Å². The fourth-order valence-electron chi connectivity index (χ4n) is 6.77. The van der Waals surface area contributed by atoms with E-state index in [4.69, 9.17) is 12.6 Å². The van der Waals surface area contributed by atoms with E-state index in [2.05, 4.69) is 147 Å². The summed E-state index contributed by atoms with van der Waals surface area (Å²) in [5, 5.41) is 3.53. The summed E-state index contributed by atoms with van der Waals surface area (Å²) < 4.78 is 62.6. The molecule has 0 amide bonds. The van der Waals surface area contributed by atoms with Gasteiger partial charge in [-0.2, -0.15) is 30.3 Å². The van der Waals surface area contributed by atoms with E-state index in [1.54, 1.807) is 6.07 Å². The first-order chi connectivity index (χ1) is 27.2. The molecule has 5 aromatic carbocycles. The predicted octanol–water partition coefficient (Wildman–Crippen LogP) is 5.77. The monoisotopic (exact) mass is 823 g/mol. The van der Waals surface area contributed by atoms with E-state index in [1.807, 2.05) is 24.3 Å². The van der Waals surface area contributed by atoms with E-state index in [-0.39, 0.29) is 34.5 Å². The minimum absolute atomic E-state index is 0. The third-order valence-electron chi connectivity index (χ3n) is 9.67. The summed E-state index contributed by atoms with van der Waals surface area (Å²) in [5.41, 5.74) is 14.3. The van der Waals surface area contributed by atoms with Crippen LogP contribution in [0.3, 0.4) is 0 Å². The van der Waals surface area contributed by atoms with Crippen LogP contribution in [-0.2, 0) is 33.8 Å². The molecule has 6 rings (SSSR count). The smallest absolute Gasteiger partial charge is 0.744 e. The van der Waals surface area contributed by atoms with E-state index < -0.39 is 20.7 Å². The SMILES string of the molecule is CCN(Cc1c[c-]ccc1)c1ccc(/C(=C2\C=CC(=[N+](CC)Cc3cccc(S(=O)(=O)[O-])c3)C=C2C)c2ccc(Nc3ccc(C)cc3)cc2)c(C)c1.O=S(=O)=O.[Na+]. The second kappa shape index (κ2) is 21.2. The molecule has 0 saturated carbocycles. The molecule has 0 aromatic heterocycles. The maximum atomic E-state index is 11.7. The second-order valence-corrected chi connectivity index (χ2v) is 15.5. The van der Waals surface area contributed by atoms with Gasteiger partial charge in [-0.1, -0.05) is 48.0 Å². The Morgan fingerprint density at radius 3 is 2.05 bits per heavy atom. The van der Waals surface area contributed by atoms with Gasteiger partial charge in [0.1, 0.15) is 16.7 Å². The van der Waals surface area contributed by atoms with Crippen molar-refractivity contribution in [1.82, 2.24) is 0 Å². The van der Waals surface area contributed by atoms with Crippen LogP contribution in [0.2, 0.25) is 0 Å². The molecule has 0 unspecified atom stereocenters. The summed E-state index contributed by atoms with van der Waals surface area (Å²) in [4.78, 5) is 2.17. The maximum Gasteiger partial charge on any atom is 1.00 e. The summed E-state index contributed by atoms with van der Waals surface area (Å²) in [6.07, 6.45) is 6.52. The topological polar surface area (TPSA) is 127 Å². The Morgan fingerprint density at radius 1 is 0.828 bits per heavy atom. The molecule has 0 spiro atoms. The quantitative estimate of drug-likeness (QED) is 0.0728. The molecule has 294 valence electrons. The zero-order valence-electron chi connectivity index (χ0n) is 33.7. The molecule has 0 fully saturated rings. The Labute approximate surface area is 366 Å². The van der Waals surface area contributed by atoms with Crippen LogP contribution in [-0.4, -0.2) is 49.0 Å². The van der Waals surface area contributed by atoms with Crippen molar-refractivity contribution in [3.63, 3.8) is 0 Å². The molecule has 9 nitrogen and oxygen atoms in total. The molecule has 0 saturated heterocycles. The van der Waals surface area contributed by atoms with Gasteiger partial charge in [0, 0.05) is 41.3 Å². The Bertz CT molecular complexity index is 2560. The fourth-order valence-corrected chi connectivity index (χ4v) is 7.31. The number of hydrogen-bond acceptors (Lipinski definition) is 8. The Kier molecular flexibility index (Phi) is 16.8. The van der Waals surface area contributed by atoms with Crippen LogP contribution >= 0.6 is 0 Å². The number of aryl methyl sites for hydroxylation is 2. The number of nitrogens with zero attached hydrogens (tertiary/aromatic N) is 2. The van der Waals surface area contributed by atoms with E-state index in [0.29, 0.717) is 13.1 Å². The molecule has 1 aliphatic rings. The summed E-state index contributed by atoms with van der Waals surface area (Å²) in [6.45, 7) is 13.5. The number of anilines is 3. The normalized spacial score (nSPS) is 13.9. The molecule has 1 N–H and O–H groups in total. The van der Waals surface area contributed by atoms with Crippen molar-refractivity contribution in [2.45, 2.75) is 52.6 Å². The molecular weight excluding hydrogens is 778 g/mol. The van der Waals surface area contributed by atoms with Crippen LogP contribution in [0.15, 0.2) is 150 Å². The number of rotatable bonds is 12. The van der Waals surface area contributed by atoms with E-state index in [1.165, 1.54) is 34.5 Å². The van der Waals surface area contributed by atoms with Gasteiger partial charge in [-0.25, -0.2) is 13.0 Å². The average Bonchev–Trinajstić information content (AvgIpc) is 3.18. The first kappa shape index (κ1) is 45.8. The van der Waals surface area contributed by atoms with Crippen LogP contribution in [0.25, 0.3) is 5.57 Å². The predicted molar refractivity (Wildman–Crippen MR) is 227 cm³/mol. The summed E-state index contributed by atoms with van der Waals surface area (Å²) >= 11 is 0. The molecule has 0 heterocycles. The van der Waals surface area contributed by atoms with Gasteiger partial charge < -0.3 is 14.8 Å². The van der Waals surface area contributed by atoms with Gasteiger partial charge in [0.2, 0.25) is 0 Å². The van der Waals surface area contributed by atoms with Crippen LogP contribution in [0.5, 0.6) is 0 Å². The average molecular weight is 824 g/mol.